The minimum Gasteiger partial charge on any atom is -0.366 e. The van der Waals surface area contributed by atoms with Crippen LogP contribution in [0.5, 0.6) is 0 Å². The van der Waals surface area contributed by atoms with E-state index in [1.807, 2.05) is 12.1 Å². The van der Waals surface area contributed by atoms with Gasteiger partial charge in [0.2, 0.25) is 5.91 Å². The van der Waals surface area contributed by atoms with Crippen LogP contribution < -0.4 is 11.1 Å². The summed E-state index contributed by atoms with van der Waals surface area (Å²) in [5.41, 5.74) is 7.36. The molecule has 1 aromatic heterocycles. The van der Waals surface area contributed by atoms with Crippen molar-refractivity contribution in [2.24, 2.45) is 5.73 Å². The molecule has 2 heterocycles. The number of nitrogens with zero attached hydrogens (tertiary/aromatic N) is 1. The number of aromatic nitrogens is 1. The minimum absolute atomic E-state index is 0.218. The number of rotatable bonds is 6. The van der Waals surface area contributed by atoms with Gasteiger partial charge in [-0.2, -0.15) is 0 Å². The van der Waals surface area contributed by atoms with Crippen LogP contribution in [0.3, 0.4) is 0 Å². The first-order valence-electron chi connectivity index (χ1n) is 6.16. The van der Waals surface area contributed by atoms with Crippen molar-refractivity contribution in [1.82, 2.24) is 10.3 Å². The molecule has 3 N–H and O–H groups in total. The van der Waals surface area contributed by atoms with Crippen molar-refractivity contribution < 1.29 is 14.3 Å². The van der Waals surface area contributed by atoms with Crippen LogP contribution in [0, 0.1) is 0 Å². The Labute approximate surface area is 116 Å². The fraction of sp³-hybridized carbons (Fsp3) is 0.214. The SMILES string of the molecule is NC(=O)C1=CC=C(c2ccncc2)N[C@@H]1OCCC=O. The van der Waals surface area contributed by atoms with Crippen molar-refractivity contribution in [3.05, 3.63) is 47.8 Å². The van der Waals surface area contributed by atoms with Gasteiger partial charge in [0, 0.05) is 30.1 Å². The minimum atomic E-state index is -0.652. The number of hydrogen-bond donors (Lipinski definition) is 2. The monoisotopic (exact) mass is 273 g/mol. The maximum Gasteiger partial charge on any atom is 0.249 e. The highest BCUT2D eigenvalue weighted by molar-refractivity contribution is 5.94. The summed E-state index contributed by atoms with van der Waals surface area (Å²) >= 11 is 0. The van der Waals surface area contributed by atoms with E-state index in [9.17, 15) is 9.59 Å². The Morgan fingerprint density at radius 1 is 1.40 bits per heavy atom. The van der Waals surface area contributed by atoms with E-state index in [0.29, 0.717) is 5.57 Å². The average Bonchev–Trinajstić information content (AvgIpc) is 2.48. The third-order valence-electron chi connectivity index (χ3n) is 2.79. The van der Waals surface area contributed by atoms with Crippen LogP contribution >= 0.6 is 0 Å². The number of aldehydes is 1. The van der Waals surface area contributed by atoms with Crippen molar-refractivity contribution >= 4 is 17.9 Å². The molecule has 0 aromatic carbocycles. The summed E-state index contributed by atoms with van der Waals surface area (Å²) in [5, 5.41) is 3.09. The molecule has 6 heteroatoms. The number of pyridine rings is 1. The highest BCUT2D eigenvalue weighted by atomic mass is 16.5. The molecular formula is C14H15N3O3. The maximum absolute atomic E-state index is 11.4. The first-order chi connectivity index (χ1) is 9.72. The van der Waals surface area contributed by atoms with E-state index in [4.69, 9.17) is 10.5 Å². The molecule has 0 saturated heterocycles. The smallest absolute Gasteiger partial charge is 0.249 e. The molecule has 1 aliphatic heterocycles. The zero-order valence-electron chi connectivity index (χ0n) is 10.8. The van der Waals surface area contributed by atoms with Gasteiger partial charge in [-0.3, -0.25) is 9.78 Å². The Bertz CT molecular complexity index is 552. The van der Waals surface area contributed by atoms with Gasteiger partial charge >= 0.3 is 0 Å². The van der Waals surface area contributed by atoms with E-state index in [1.165, 1.54) is 0 Å². The fourth-order valence-electron chi connectivity index (χ4n) is 1.82. The number of ether oxygens (including phenoxy) is 1. The molecule has 0 radical (unpaired) electrons. The van der Waals surface area contributed by atoms with Gasteiger partial charge in [-0.1, -0.05) is 0 Å². The van der Waals surface area contributed by atoms with Crippen LogP contribution in [0.15, 0.2) is 42.3 Å². The zero-order valence-corrected chi connectivity index (χ0v) is 10.8. The quantitative estimate of drug-likeness (QED) is 0.577. The zero-order chi connectivity index (χ0) is 14.4. The Morgan fingerprint density at radius 3 is 2.80 bits per heavy atom. The third-order valence-corrected chi connectivity index (χ3v) is 2.79. The lowest BCUT2D eigenvalue weighted by atomic mass is 10.1. The molecule has 0 spiro atoms. The molecule has 0 fully saturated rings. The second-order valence-electron chi connectivity index (χ2n) is 4.15. The summed E-state index contributed by atoms with van der Waals surface area (Å²) in [6.45, 7) is 0.218. The van der Waals surface area contributed by atoms with Crippen molar-refractivity contribution in [2.45, 2.75) is 12.6 Å². The fourth-order valence-corrected chi connectivity index (χ4v) is 1.82. The highest BCUT2D eigenvalue weighted by Crippen LogP contribution is 2.19. The third kappa shape index (κ3) is 3.30. The van der Waals surface area contributed by atoms with Crippen molar-refractivity contribution in [3.63, 3.8) is 0 Å². The van der Waals surface area contributed by atoms with Crippen LogP contribution in [-0.4, -0.2) is 30.0 Å². The topological polar surface area (TPSA) is 94.3 Å². The molecule has 1 aromatic rings. The van der Waals surface area contributed by atoms with Crippen LogP contribution in [0.4, 0.5) is 0 Å². The summed E-state index contributed by atoms with van der Waals surface area (Å²) in [5.74, 6) is -0.557. The van der Waals surface area contributed by atoms with E-state index >= 15 is 0 Å². The lowest BCUT2D eigenvalue weighted by molar-refractivity contribution is -0.116. The first-order valence-corrected chi connectivity index (χ1v) is 6.16. The maximum atomic E-state index is 11.4. The Hall–Kier alpha value is -2.47. The number of dihydropyridines is 1. The molecule has 0 unspecified atom stereocenters. The number of amides is 1. The summed E-state index contributed by atoms with van der Waals surface area (Å²) in [7, 11) is 0. The molecule has 104 valence electrons. The molecule has 1 amide bonds. The molecule has 20 heavy (non-hydrogen) atoms. The molecule has 1 atom stereocenters. The van der Waals surface area contributed by atoms with Gasteiger partial charge in [0.15, 0.2) is 6.23 Å². The molecule has 0 aliphatic carbocycles. The lowest BCUT2D eigenvalue weighted by Crippen LogP contribution is -2.39. The summed E-state index contributed by atoms with van der Waals surface area (Å²) in [4.78, 5) is 25.6. The van der Waals surface area contributed by atoms with Gasteiger partial charge in [-0.05, 0) is 24.3 Å². The number of primary amides is 1. The van der Waals surface area contributed by atoms with E-state index in [-0.39, 0.29) is 13.0 Å². The largest absolute Gasteiger partial charge is 0.366 e. The average molecular weight is 273 g/mol. The van der Waals surface area contributed by atoms with E-state index < -0.39 is 12.1 Å². The predicted octanol–water partition coefficient (Wildman–Crippen LogP) is 0.369. The number of hydrogen-bond acceptors (Lipinski definition) is 5. The molecule has 0 bridgehead atoms. The number of carbonyl (C=O) groups excluding carboxylic acids is 2. The molecule has 6 nitrogen and oxygen atoms in total. The number of nitrogens with two attached hydrogens (primary N) is 1. The first kappa shape index (κ1) is 14.0. The van der Waals surface area contributed by atoms with Crippen molar-refractivity contribution in [1.29, 1.82) is 0 Å². The highest BCUT2D eigenvalue weighted by Gasteiger charge is 2.23. The lowest BCUT2D eigenvalue weighted by Gasteiger charge is -2.26. The standard InChI is InChI=1S/C14H15N3O3/c15-13(19)11-2-3-12(10-4-6-16-7-5-10)17-14(11)20-9-1-8-18/h2-8,14,17H,1,9H2,(H2,15,19)/t14-/m1/s1. The van der Waals surface area contributed by atoms with Crippen LogP contribution in [-0.2, 0) is 14.3 Å². The summed E-state index contributed by atoms with van der Waals surface area (Å²) in [6, 6.07) is 3.68. The Morgan fingerprint density at radius 2 is 2.15 bits per heavy atom. The summed E-state index contributed by atoms with van der Waals surface area (Å²) in [6.07, 6.45) is 7.10. The normalized spacial score (nSPS) is 17.7. The van der Waals surface area contributed by atoms with E-state index in [1.54, 1.807) is 24.5 Å². The number of carbonyl (C=O) groups is 2. The number of nitrogens with one attached hydrogen (secondary N) is 1. The molecule has 2 rings (SSSR count). The van der Waals surface area contributed by atoms with Gasteiger partial charge in [0.1, 0.15) is 6.29 Å². The predicted molar refractivity (Wildman–Crippen MR) is 73.0 cm³/mol. The Balaban J connectivity index is 2.18. The van der Waals surface area contributed by atoms with Crippen LogP contribution in [0.2, 0.25) is 0 Å². The van der Waals surface area contributed by atoms with Gasteiger partial charge in [-0.25, -0.2) is 0 Å². The van der Waals surface area contributed by atoms with E-state index in [2.05, 4.69) is 10.3 Å². The van der Waals surface area contributed by atoms with Gasteiger partial charge in [0.05, 0.1) is 12.2 Å². The second-order valence-corrected chi connectivity index (χ2v) is 4.15. The van der Waals surface area contributed by atoms with Gasteiger partial charge in [-0.15, -0.1) is 0 Å². The Kier molecular flexibility index (Phi) is 4.62. The second kappa shape index (κ2) is 6.63. The van der Waals surface area contributed by atoms with E-state index in [0.717, 1.165) is 17.5 Å². The van der Waals surface area contributed by atoms with Gasteiger partial charge < -0.3 is 20.6 Å². The number of allylic oxidation sites excluding steroid dienone is 2. The van der Waals surface area contributed by atoms with Crippen molar-refractivity contribution in [2.75, 3.05) is 6.61 Å². The van der Waals surface area contributed by atoms with Crippen molar-refractivity contribution in [3.8, 4) is 0 Å². The van der Waals surface area contributed by atoms with Crippen LogP contribution in [0.1, 0.15) is 12.0 Å². The molecule has 1 aliphatic rings. The molecule has 0 saturated carbocycles. The molecular weight excluding hydrogens is 258 g/mol. The van der Waals surface area contributed by atoms with Crippen LogP contribution in [0.25, 0.3) is 5.70 Å². The van der Waals surface area contributed by atoms with Gasteiger partial charge in [0.25, 0.3) is 0 Å². The summed E-state index contributed by atoms with van der Waals surface area (Å²) < 4.78 is 5.48.